The van der Waals surface area contributed by atoms with Crippen molar-refractivity contribution in [2.24, 2.45) is 0 Å². The maximum atomic E-state index is 12.0. The fourth-order valence-corrected chi connectivity index (χ4v) is 2.33. The number of Topliss-reactive ketones (excluding diaryl/α,β-unsaturated/α-hetero) is 1. The van der Waals surface area contributed by atoms with E-state index in [0.29, 0.717) is 11.3 Å². The van der Waals surface area contributed by atoms with Gasteiger partial charge in [-0.05, 0) is 71.8 Å². The molecule has 0 saturated carbocycles. The van der Waals surface area contributed by atoms with Crippen molar-refractivity contribution >= 4 is 40.0 Å². The molecular weight excluding hydrogens is 387 g/mol. The molecule has 0 bridgehead atoms. The van der Waals surface area contributed by atoms with Gasteiger partial charge in [0.05, 0.1) is 0 Å². The minimum atomic E-state index is -0.0355. The largest absolute Gasteiger partial charge is 0.485 e. The molecule has 0 saturated heterocycles. The lowest BCUT2D eigenvalue weighted by Crippen LogP contribution is -2.11. The van der Waals surface area contributed by atoms with Gasteiger partial charge in [0.25, 0.3) is 0 Å². The van der Waals surface area contributed by atoms with E-state index in [0.717, 1.165) is 19.7 Å². The zero-order chi connectivity index (χ0) is 14.7. The normalized spacial score (nSPS) is 10.4. The van der Waals surface area contributed by atoms with Crippen LogP contribution in [0.5, 0.6) is 5.75 Å². The highest BCUT2D eigenvalue weighted by Gasteiger charge is 2.08. The Kier molecular flexibility index (Phi) is 5.05. The highest BCUT2D eigenvalue weighted by Crippen LogP contribution is 2.25. The summed E-state index contributed by atoms with van der Waals surface area (Å²) in [6.07, 6.45) is 0. The van der Waals surface area contributed by atoms with Crippen LogP contribution in [-0.4, -0.2) is 12.4 Å². The Labute approximate surface area is 137 Å². The van der Waals surface area contributed by atoms with Crippen molar-refractivity contribution in [2.45, 2.75) is 13.8 Å². The lowest BCUT2D eigenvalue weighted by atomic mass is 10.1. The molecule has 2 aromatic carbocycles. The van der Waals surface area contributed by atoms with E-state index in [-0.39, 0.29) is 12.4 Å². The van der Waals surface area contributed by atoms with Crippen molar-refractivity contribution in [2.75, 3.05) is 6.61 Å². The third kappa shape index (κ3) is 3.73. The van der Waals surface area contributed by atoms with Gasteiger partial charge in [-0.15, -0.1) is 0 Å². The number of hydrogen-bond acceptors (Lipinski definition) is 2. The molecular formula is C16H14ClIO2. The molecule has 0 heterocycles. The fraction of sp³-hybridized carbons (Fsp3) is 0.188. The number of aryl methyl sites for hydroxylation is 2. The predicted molar refractivity (Wildman–Crippen MR) is 89.9 cm³/mol. The first-order chi connectivity index (χ1) is 9.47. The molecule has 4 heteroatoms. The van der Waals surface area contributed by atoms with E-state index in [4.69, 9.17) is 16.3 Å². The molecule has 2 nitrogen and oxygen atoms in total. The van der Waals surface area contributed by atoms with Gasteiger partial charge in [0.1, 0.15) is 5.75 Å². The Morgan fingerprint density at radius 3 is 2.25 bits per heavy atom. The number of carbonyl (C=O) groups is 1. The van der Waals surface area contributed by atoms with Crippen molar-refractivity contribution in [1.82, 2.24) is 0 Å². The van der Waals surface area contributed by atoms with E-state index < -0.39 is 0 Å². The summed E-state index contributed by atoms with van der Waals surface area (Å²) in [5, 5.41) is 0.737. The summed E-state index contributed by atoms with van der Waals surface area (Å²) >= 11 is 8.31. The highest BCUT2D eigenvalue weighted by molar-refractivity contribution is 14.1. The quantitative estimate of drug-likeness (QED) is 0.543. The van der Waals surface area contributed by atoms with E-state index in [2.05, 4.69) is 22.6 Å². The molecule has 0 unspecified atom stereocenters. The third-order valence-corrected chi connectivity index (χ3v) is 4.26. The molecule has 2 aromatic rings. The van der Waals surface area contributed by atoms with Crippen LogP contribution in [0, 0.1) is 17.4 Å². The molecule has 0 aliphatic rings. The number of hydrogen-bond donors (Lipinski definition) is 0. The first kappa shape index (κ1) is 15.3. The van der Waals surface area contributed by atoms with E-state index in [1.807, 2.05) is 50.2 Å². The molecule has 0 N–H and O–H groups in total. The number of carbonyl (C=O) groups excluding carboxylic acids is 1. The zero-order valence-corrected chi connectivity index (χ0v) is 14.2. The molecule has 20 heavy (non-hydrogen) atoms. The number of benzene rings is 2. The van der Waals surface area contributed by atoms with Crippen LogP contribution in [0.2, 0.25) is 5.02 Å². The Bertz CT molecular complexity index is 612. The second kappa shape index (κ2) is 6.59. The monoisotopic (exact) mass is 400 g/mol. The second-order valence-electron chi connectivity index (χ2n) is 4.59. The van der Waals surface area contributed by atoms with E-state index in [1.54, 1.807) is 0 Å². The zero-order valence-electron chi connectivity index (χ0n) is 11.2. The van der Waals surface area contributed by atoms with Crippen molar-refractivity contribution in [3.8, 4) is 5.75 Å². The summed E-state index contributed by atoms with van der Waals surface area (Å²) in [4.78, 5) is 12.0. The molecule has 2 rings (SSSR count). The smallest absolute Gasteiger partial charge is 0.200 e. The van der Waals surface area contributed by atoms with Gasteiger partial charge in [0, 0.05) is 14.2 Å². The Hall–Kier alpha value is -1.07. The van der Waals surface area contributed by atoms with Crippen LogP contribution in [0.4, 0.5) is 0 Å². The molecule has 0 aromatic heterocycles. The average molecular weight is 401 g/mol. The molecule has 0 aliphatic heterocycles. The summed E-state index contributed by atoms with van der Waals surface area (Å²) in [6.45, 7) is 3.87. The van der Waals surface area contributed by atoms with Gasteiger partial charge in [-0.2, -0.15) is 0 Å². The number of rotatable bonds is 4. The predicted octanol–water partition coefficient (Wildman–Crippen LogP) is 4.82. The van der Waals surface area contributed by atoms with E-state index >= 15 is 0 Å². The average Bonchev–Trinajstić information content (AvgIpc) is 2.42. The van der Waals surface area contributed by atoms with Gasteiger partial charge in [-0.3, -0.25) is 4.79 Å². The van der Waals surface area contributed by atoms with Crippen LogP contribution < -0.4 is 4.74 Å². The van der Waals surface area contributed by atoms with Crippen LogP contribution in [0.15, 0.2) is 36.4 Å². The van der Waals surface area contributed by atoms with Crippen LogP contribution in [0.25, 0.3) is 0 Å². The minimum absolute atomic E-state index is 0.0289. The molecule has 104 valence electrons. The highest BCUT2D eigenvalue weighted by atomic mass is 127. The maximum Gasteiger partial charge on any atom is 0.200 e. The first-order valence-electron chi connectivity index (χ1n) is 6.15. The third-order valence-electron chi connectivity index (χ3n) is 2.95. The van der Waals surface area contributed by atoms with Gasteiger partial charge < -0.3 is 4.74 Å². The summed E-state index contributed by atoms with van der Waals surface area (Å²) in [7, 11) is 0. The van der Waals surface area contributed by atoms with E-state index in [9.17, 15) is 4.79 Å². The standard InChI is InChI=1S/C16H14ClIO2/c1-10-7-14(8-11(2)16(10)17)20-9-15(19)12-3-5-13(18)6-4-12/h3-8H,9H2,1-2H3. The fourth-order valence-electron chi connectivity index (χ4n) is 1.86. The Balaban J connectivity index is 2.05. The lowest BCUT2D eigenvalue weighted by Gasteiger charge is -2.09. The first-order valence-corrected chi connectivity index (χ1v) is 7.61. The van der Waals surface area contributed by atoms with Crippen LogP contribution in [0.3, 0.4) is 0 Å². The maximum absolute atomic E-state index is 12.0. The minimum Gasteiger partial charge on any atom is -0.485 e. The van der Waals surface area contributed by atoms with Gasteiger partial charge >= 0.3 is 0 Å². The molecule has 0 spiro atoms. The molecule has 0 atom stereocenters. The molecule has 0 aliphatic carbocycles. The SMILES string of the molecule is Cc1cc(OCC(=O)c2ccc(I)cc2)cc(C)c1Cl. The molecule has 0 amide bonds. The lowest BCUT2D eigenvalue weighted by molar-refractivity contribution is 0.0921. The van der Waals surface area contributed by atoms with Crippen molar-refractivity contribution < 1.29 is 9.53 Å². The summed E-state index contributed by atoms with van der Waals surface area (Å²) < 4.78 is 6.66. The summed E-state index contributed by atoms with van der Waals surface area (Å²) in [6, 6.07) is 11.1. The number of ether oxygens (including phenoxy) is 1. The van der Waals surface area contributed by atoms with Crippen LogP contribution >= 0.6 is 34.2 Å². The van der Waals surface area contributed by atoms with Crippen LogP contribution in [-0.2, 0) is 0 Å². The molecule has 0 radical (unpaired) electrons. The van der Waals surface area contributed by atoms with Gasteiger partial charge in [0.2, 0.25) is 0 Å². The Morgan fingerprint density at radius 2 is 1.70 bits per heavy atom. The van der Waals surface area contributed by atoms with Crippen molar-refractivity contribution in [3.05, 3.63) is 61.7 Å². The van der Waals surface area contributed by atoms with Gasteiger partial charge in [-0.25, -0.2) is 0 Å². The second-order valence-corrected chi connectivity index (χ2v) is 6.21. The Morgan fingerprint density at radius 1 is 1.15 bits per heavy atom. The molecule has 0 fully saturated rings. The van der Waals surface area contributed by atoms with Crippen molar-refractivity contribution in [1.29, 1.82) is 0 Å². The summed E-state index contributed by atoms with van der Waals surface area (Å²) in [5.74, 6) is 0.634. The number of halogens is 2. The number of ketones is 1. The van der Waals surface area contributed by atoms with Crippen LogP contribution in [0.1, 0.15) is 21.5 Å². The topological polar surface area (TPSA) is 26.3 Å². The summed E-state index contributed by atoms with van der Waals surface area (Å²) in [5.41, 5.74) is 2.56. The van der Waals surface area contributed by atoms with Crippen molar-refractivity contribution in [3.63, 3.8) is 0 Å². The van der Waals surface area contributed by atoms with E-state index in [1.165, 1.54) is 0 Å². The van der Waals surface area contributed by atoms with Gasteiger partial charge in [-0.1, -0.05) is 23.7 Å². The van der Waals surface area contributed by atoms with Gasteiger partial charge in [0.15, 0.2) is 12.4 Å².